The summed E-state index contributed by atoms with van der Waals surface area (Å²) in [6, 6.07) is 2.65. The van der Waals surface area contributed by atoms with Crippen LogP contribution in [0.5, 0.6) is 0 Å². The summed E-state index contributed by atoms with van der Waals surface area (Å²) < 4.78 is 22.5. The number of nitro benzene ring substituents is 1. The molecule has 0 aliphatic rings. The summed E-state index contributed by atoms with van der Waals surface area (Å²) in [6.07, 6.45) is 0. The predicted molar refractivity (Wildman–Crippen MR) is 81.2 cm³/mol. The van der Waals surface area contributed by atoms with E-state index in [0.717, 1.165) is 18.2 Å². The van der Waals surface area contributed by atoms with E-state index in [4.69, 9.17) is 10.7 Å². The third kappa shape index (κ3) is 4.89. The number of nitrogens with one attached hydrogen (secondary N) is 2. The average Bonchev–Trinajstić information content (AvgIpc) is 2.41. The molecule has 0 saturated carbocycles. The van der Waals surface area contributed by atoms with Crippen molar-refractivity contribution >= 4 is 37.2 Å². The Morgan fingerprint density at radius 1 is 1.22 bits per heavy atom. The molecular formula is C12H14ClN3O6S. The van der Waals surface area contributed by atoms with Crippen molar-refractivity contribution < 1.29 is 22.9 Å². The number of nitro groups is 1. The maximum Gasteiger partial charge on any atom is 0.290 e. The fourth-order valence-electron chi connectivity index (χ4n) is 1.38. The Morgan fingerprint density at radius 3 is 2.22 bits per heavy atom. The Bertz CT molecular complexity index is 769. The minimum atomic E-state index is -4.34. The Balaban J connectivity index is 3.06. The molecule has 11 heteroatoms. The molecule has 0 unspecified atom stereocenters. The summed E-state index contributed by atoms with van der Waals surface area (Å²) in [5.74, 6) is -1.32. The van der Waals surface area contributed by atoms with E-state index in [0.29, 0.717) is 0 Å². The normalized spacial score (nSPS) is 11.7. The molecule has 0 atom stereocenters. The van der Waals surface area contributed by atoms with Gasteiger partial charge in [-0.3, -0.25) is 30.6 Å². The van der Waals surface area contributed by atoms with Gasteiger partial charge in [-0.05, 0) is 12.1 Å². The van der Waals surface area contributed by atoms with Gasteiger partial charge in [-0.15, -0.1) is 0 Å². The topological polar surface area (TPSA) is 135 Å². The molecule has 2 amide bonds. The number of halogens is 1. The molecule has 0 aliphatic heterocycles. The third-order valence-corrected chi connectivity index (χ3v) is 4.02. The van der Waals surface area contributed by atoms with Gasteiger partial charge < -0.3 is 0 Å². The molecule has 1 aromatic carbocycles. The van der Waals surface area contributed by atoms with Gasteiger partial charge in [-0.25, -0.2) is 8.42 Å². The van der Waals surface area contributed by atoms with Crippen LogP contribution in [0.2, 0.25) is 0 Å². The van der Waals surface area contributed by atoms with Crippen molar-refractivity contribution in [1.29, 1.82) is 0 Å². The van der Waals surface area contributed by atoms with Crippen molar-refractivity contribution in [1.82, 2.24) is 10.9 Å². The molecule has 1 rings (SSSR count). The fraction of sp³-hybridized carbons (Fsp3) is 0.333. The lowest BCUT2D eigenvalue weighted by Crippen LogP contribution is -2.46. The van der Waals surface area contributed by atoms with Crippen molar-refractivity contribution in [3.63, 3.8) is 0 Å². The van der Waals surface area contributed by atoms with Gasteiger partial charge in [-0.2, -0.15) is 0 Å². The summed E-state index contributed by atoms with van der Waals surface area (Å²) in [5, 5.41) is 10.9. The van der Waals surface area contributed by atoms with Gasteiger partial charge in [0, 0.05) is 27.7 Å². The van der Waals surface area contributed by atoms with Crippen molar-refractivity contribution in [2.75, 3.05) is 0 Å². The molecule has 0 saturated heterocycles. The molecular weight excluding hydrogens is 350 g/mol. The van der Waals surface area contributed by atoms with Crippen LogP contribution in [0.25, 0.3) is 0 Å². The monoisotopic (exact) mass is 363 g/mol. The Hall–Kier alpha value is -2.20. The van der Waals surface area contributed by atoms with Crippen LogP contribution in [-0.2, 0) is 13.8 Å². The number of carbonyl (C=O) groups is 2. The Labute approximate surface area is 136 Å². The van der Waals surface area contributed by atoms with Crippen molar-refractivity contribution in [2.45, 2.75) is 25.7 Å². The minimum Gasteiger partial charge on any atom is -0.273 e. The molecule has 0 spiro atoms. The quantitative estimate of drug-likeness (QED) is 0.472. The van der Waals surface area contributed by atoms with Crippen LogP contribution >= 0.6 is 10.7 Å². The van der Waals surface area contributed by atoms with E-state index in [1.807, 2.05) is 0 Å². The van der Waals surface area contributed by atoms with Gasteiger partial charge in [0.1, 0.15) is 0 Å². The van der Waals surface area contributed by atoms with Crippen LogP contribution in [0.3, 0.4) is 0 Å². The highest BCUT2D eigenvalue weighted by molar-refractivity contribution is 8.13. The van der Waals surface area contributed by atoms with E-state index in [1.54, 1.807) is 20.8 Å². The molecule has 1 aromatic rings. The zero-order valence-electron chi connectivity index (χ0n) is 12.4. The standard InChI is InChI=1S/C12H14ClN3O6S/c1-12(2,3)11(18)15-14-10(17)7-4-5-9(23(13,21)22)8(6-7)16(19)20/h4-6H,1-3H3,(H,14,17)(H,15,18). The Morgan fingerprint density at radius 2 is 1.78 bits per heavy atom. The maximum absolute atomic E-state index is 11.9. The molecule has 9 nitrogen and oxygen atoms in total. The Kier molecular flexibility index (Phi) is 5.33. The molecule has 0 aromatic heterocycles. The predicted octanol–water partition coefficient (Wildman–Crippen LogP) is 1.33. The van der Waals surface area contributed by atoms with E-state index >= 15 is 0 Å². The second kappa shape index (κ2) is 6.50. The second-order valence-electron chi connectivity index (χ2n) is 5.54. The van der Waals surface area contributed by atoms with Crippen molar-refractivity contribution in [3.8, 4) is 0 Å². The van der Waals surface area contributed by atoms with Crippen LogP contribution in [0, 0.1) is 15.5 Å². The summed E-state index contributed by atoms with van der Waals surface area (Å²) >= 11 is 0. The van der Waals surface area contributed by atoms with E-state index in [9.17, 15) is 28.1 Å². The summed E-state index contributed by atoms with van der Waals surface area (Å²) in [5.41, 5.74) is 2.44. The number of hydrazine groups is 1. The first kappa shape index (κ1) is 18.8. The molecule has 126 valence electrons. The van der Waals surface area contributed by atoms with Crippen LogP contribution in [0.1, 0.15) is 31.1 Å². The van der Waals surface area contributed by atoms with Crippen LogP contribution in [0.4, 0.5) is 5.69 Å². The number of carbonyl (C=O) groups excluding carboxylic acids is 2. The lowest BCUT2D eigenvalue weighted by atomic mass is 9.96. The van der Waals surface area contributed by atoms with Crippen LogP contribution in [0.15, 0.2) is 23.1 Å². The van der Waals surface area contributed by atoms with E-state index < -0.39 is 41.8 Å². The van der Waals surface area contributed by atoms with Gasteiger partial charge >= 0.3 is 0 Å². The summed E-state index contributed by atoms with van der Waals surface area (Å²) in [7, 11) is 0.766. The zero-order chi connectivity index (χ0) is 18.0. The molecule has 0 fully saturated rings. The molecule has 2 N–H and O–H groups in total. The molecule has 0 heterocycles. The number of rotatable bonds is 3. The molecule has 23 heavy (non-hydrogen) atoms. The number of amides is 2. The number of nitrogens with zero attached hydrogens (tertiary/aromatic N) is 1. The first-order valence-corrected chi connectivity index (χ1v) is 8.49. The second-order valence-corrected chi connectivity index (χ2v) is 8.07. The summed E-state index contributed by atoms with van der Waals surface area (Å²) in [4.78, 5) is 32.7. The van der Waals surface area contributed by atoms with E-state index in [1.165, 1.54) is 0 Å². The number of benzene rings is 1. The minimum absolute atomic E-state index is 0.213. The van der Waals surface area contributed by atoms with Gasteiger partial charge in [0.25, 0.3) is 20.6 Å². The molecule has 0 radical (unpaired) electrons. The highest BCUT2D eigenvalue weighted by atomic mass is 35.7. The fourth-order valence-corrected chi connectivity index (χ4v) is 2.39. The maximum atomic E-state index is 11.9. The zero-order valence-corrected chi connectivity index (χ0v) is 14.0. The third-order valence-electron chi connectivity index (χ3n) is 2.65. The van der Waals surface area contributed by atoms with Gasteiger partial charge in [0.05, 0.1) is 4.92 Å². The largest absolute Gasteiger partial charge is 0.290 e. The van der Waals surface area contributed by atoms with Crippen LogP contribution in [-0.4, -0.2) is 25.2 Å². The SMILES string of the molecule is CC(C)(C)C(=O)NNC(=O)c1ccc(S(=O)(=O)Cl)c([N+](=O)[O-])c1. The number of hydrogen-bond acceptors (Lipinski definition) is 6. The first-order chi connectivity index (χ1) is 10.3. The smallest absolute Gasteiger partial charge is 0.273 e. The van der Waals surface area contributed by atoms with Gasteiger partial charge in [0.15, 0.2) is 4.90 Å². The van der Waals surface area contributed by atoms with E-state index in [-0.39, 0.29) is 5.56 Å². The summed E-state index contributed by atoms with van der Waals surface area (Å²) in [6.45, 7) is 4.87. The number of hydrogen-bond donors (Lipinski definition) is 2. The lowest BCUT2D eigenvalue weighted by Gasteiger charge is -2.17. The average molecular weight is 364 g/mol. The van der Waals surface area contributed by atoms with Crippen LogP contribution < -0.4 is 10.9 Å². The van der Waals surface area contributed by atoms with Gasteiger partial charge in [-0.1, -0.05) is 20.8 Å². The lowest BCUT2D eigenvalue weighted by molar-refractivity contribution is -0.387. The van der Waals surface area contributed by atoms with E-state index in [2.05, 4.69) is 10.9 Å². The van der Waals surface area contributed by atoms with Crippen molar-refractivity contribution in [3.05, 3.63) is 33.9 Å². The first-order valence-electron chi connectivity index (χ1n) is 6.18. The molecule has 0 bridgehead atoms. The van der Waals surface area contributed by atoms with Crippen molar-refractivity contribution in [2.24, 2.45) is 5.41 Å². The highest BCUT2D eigenvalue weighted by Crippen LogP contribution is 2.27. The highest BCUT2D eigenvalue weighted by Gasteiger charge is 2.26. The van der Waals surface area contributed by atoms with Gasteiger partial charge in [0.2, 0.25) is 5.91 Å². The molecule has 0 aliphatic carbocycles.